The van der Waals surface area contributed by atoms with Crippen molar-refractivity contribution < 1.29 is 71.0 Å². The summed E-state index contributed by atoms with van der Waals surface area (Å²) in [5, 5.41) is 1.79. The predicted molar refractivity (Wildman–Crippen MR) is 250 cm³/mol. The van der Waals surface area contributed by atoms with Crippen LogP contribution >= 0.6 is 0 Å². The molecule has 16 heteroatoms. The van der Waals surface area contributed by atoms with Crippen LogP contribution in [0.4, 0.5) is 0 Å². The summed E-state index contributed by atoms with van der Waals surface area (Å²) in [6.45, 7) is 8.72. The summed E-state index contributed by atoms with van der Waals surface area (Å²) in [5.41, 5.74) is 0.960. The van der Waals surface area contributed by atoms with E-state index in [1.807, 2.05) is 73.7 Å². The van der Waals surface area contributed by atoms with Gasteiger partial charge in [-0.3, -0.25) is 4.58 Å². The molecule has 0 N–H and O–H groups in total. The Kier molecular flexibility index (Phi) is 15.1. The first kappa shape index (κ1) is 50.2. The van der Waals surface area contributed by atoms with Gasteiger partial charge in [0.1, 0.15) is 49.3 Å². The number of ether oxygens (including phenoxy) is 13. The van der Waals surface area contributed by atoms with Crippen molar-refractivity contribution in [1.82, 2.24) is 0 Å². The van der Waals surface area contributed by atoms with Gasteiger partial charge in [-0.05, 0) is 53.6 Å². The summed E-state index contributed by atoms with van der Waals surface area (Å²) in [6.07, 6.45) is -2.59. The van der Waals surface area contributed by atoms with Gasteiger partial charge in [0.25, 0.3) is 0 Å². The van der Waals surface area contributed by atoms with Crippen LogP contribution in [0.5, 0.6) is 0 Å². The molecule has 3 aromatic rings. The third kappa shape index (κ3) is 8.67. The standard InChI is InChI=1S/C52H72O15Si/c1-35-40-42(65-51(56-8)31-21-19-29-49(51,54-6)63-40)44(58-33-36-23-13-10-14-24-36)47(60-35)62-45-43-41(64-50(55-7)30-20-22-32-52(50,57-9)66-43)39(61-46(45)53-5)34-59-67-68(48(2,3)4,37-25-15-11-16-26-37)38-27-17-12-18-28-38/h10-18,23-28,35,39-47H,19-22,29-34H2,1-9H3/t35-,39+,40-,41+,42+,43-,44+,45-,46-,47-,49-,50-,51-,52-/m0/s1. The van der Waals surface area contributed by atoms with Crippen molar-refractivity contribution in [3.05, 3.63) is 96.6 Å². The average Bonchev–Trinajstić information content (AvgIpc) is 3.37. The normalized spacial score (nSPS) is 38.4. The van der Waals surface area contributed by atoms with Gasteiger partial charge in [0, 0.05) is 61.2 Å². The smallest absolute Gasteiger partial charge is 0.305 e. The fraction of sp³-hybridized carbons (Fsp3) is 0.654. The van der Waals surface area contributed by atoms with E-state index < -0.39 is 92.9 Å². The first-order valence-corrected chi connectivity index (χ1v) is 26.3. The average molecular weight is 965 g/mol. The lowest BCUT2D eigenvalue weighted by molar-refractivity contribution is -0.512. The molecule has 15 nitrogen and oxygen atoms in total. The van der Waals surface area contributed by atoms with Crippen LogP contribution in [0.1, 0.15) is 84.6 Å². The molecule has 2 saturated carbocycles. The number of hydrogen-bond acceptors (Lipinski definition) is 15. The highest BCUT2D eigenvalue weighted by atomic mass is 28.4. The number of fused-ring (bicyclic) bond motifs is 4. The highest BCUT2D eigenvalue weighted by Crippen LogP contribution is 2.54. The quantitative estimate of drug-likeness (QED) is 0.0858. The van der Waals surface area contributed by atoms with Crippen molar-refractivity contribution in [3.8, 4) is 0 Å². The van der Waals surface area contributed by atoms with Crippen molar-refractivity contribution in [2.75, 3.05) is 42.2 Å². The highest BCUT2D eigenvalue weighted by Gasteiger charge is 2.70. The SMILES string of the molecule is CO[C@H]1O[C@H](COO[Si](c2ccccc2)(c2ccccc2)C(C)(C)C)[C@H]2O[C@@]3(OC)CCCC[C@]3(OC)O[C@@H]2[C@@H]1O[C@@H]1O[C@@H](C)[C@@H]2O[C@@]3(OC)CCCC[C@]3(OC)O[C@H]2[C@H]1OCc1ccccc1. The van der Waals surface area contributed by atoms with Gasteiger partial charge in [-0.2, -0.15) is 0 Å². The van der Waals surface area contributed by atoms with Gasteiger partial charge in [0.05, 0.1) is 12.7 Å². The lowest BCUT2D eigenvalue weighted by atomic mass is 9.83. The van der Waals surface area contributed by atoms with Crippen LogP contribution in [0.25, 0.3) is 0 Å². The van der Waals surface area contributed by atoms with Crippen molar-refractivity contribution in [2.24, 2.45) is 0 Å². The second kappa shape index (κ2) is 20.4. The topological polar surface area (TPSA) is 138 Å². The number of benzene rings is 3. The van der Waals surface area contributed by atoms with Gasteiger partial charge in [-0.15, -0.1) is 0 Å². The molecule has 0 radical (unpaired) electrons. The van der Waals surface area contributed by atoms with Crippen LogP contribution in [-0.4, -0.2) is 135 Å². The lowest BCUT2D eigenvalue weighted by Crippen LogP contribution is -2.77. The van der Waals surface area contributed by atoms with Gasteiger partial charge in [0.15, 0.2) is 12.6 Å². The number of rotatable bonds is 16. The molecule has 4 heterocycles. The predicted octanol–water partition coefficient (Wildman–Crippen LogP) is 6.67. The highest BCUT2D eigenvalue weighted by molar-refractivity contribution is 6.99. The summed E-state index contributed by atoms with van der Waals surface area (Å²) in [5.74, 6) is -4.91. The fourth-order valence-corrected chi connectivity index (χ4v) is 15.9. The fourth-order valence-electron chi connectivity index (χ4n) is 11.8. The number of methoxy groups -OCH3 is 5. The molecular formula is C52H72O15Si. The second-order valence-corrected chi connectivity index (χ2v) is 24.1. The minimum absolute atomic E-state index is 0.0452. The van der Waals surface area contributed by atoms with E-state index >= 15 is 0 Å². The first-order chi connectivity index (χ1) is 32.9. The Morgan fingerprint density at radius 3 is 1.49 bits per heavy atom. The molecule has 0 unspecified atom stereocenters. The van der Waals surface area contributed by atoms with E-state index in [1.165, 1.54) is 0 Å². The second-order valence-electron chi connectivity index (χ2n) is 20.0. The first-order valence-electron chi connectivity index (χ1n) is 24.4. The van der Waals surface area contributed by atoms with E-state index in [2.05, 4.69) is 45.0 Å². The van der Waals surface area contributed by atoms with Crippen molar-refractivity contribution in [1.29, 1.82) is 0 Å². The molecule has 68 heavy (non-hydrogen) atoms. The molecule has 0 bridgehead atoms. The molecule has 3 aromatic carbocycles. The molecule has 14 atom stereocenters. The molecule has 0 aromatic heterocycles. The zero-order valence-electron chi connectivity index (χ0n) is 41.1. The van der Waals surface area contributed by atoms with Crippen LogP contribution in [0.15, 0.2) is 91.0 Å². The minimum atomic E-state index is -3.12. The molecule has 4 aliphatic heterocycles. The maximum atomic E-state index is 7.28. The monoisotopic (exact) mass is 964 g/mol. The van der Waals surface area contributed by atoms with Crippen LogP contribution in [0.3, 0.4) is 0 Å². The molecule has 0 amide bonds. The lowest BCUT2D eigenvalue weighted by Gasteiger charge is -2.61. The molecule has 9 rings (SSSR count). The van der Waals surface area contributed by atoms with E-state index in [-0.39, 0.29) is 18.3 Å². The van der Waals surface area contributed by atoms with E-state index in [0.717, 1.165) is 41.6 Å². The molecular weight excluding hydrogens is 893 g/mol. The Bertz CT molecular complexity index is 2040. The maximum absolute atomic E-state index is 7.28. The number of hydrogen-bond donors (Lipinski definition) is 0. The third-order valence-electron chi connectivity index (χ3n) is 15.3. The molecule has 374 valence electrons. The van der Waals surface area contributed by atoms with Gasteiger partial charge in [-0.25, -0.2) is 4.89 Å². The van der Waals surface area contributed by atoms with Gasteiger partial charge in [-0.1, -0.05) is 112 Å². The Morgan fingerprint density at radius 1 is 0.559 bits per heavy atom. The Balaban J connectivity index is 1.06. The minimum Gasteiger partial charge on any atom is -0.365 e. The van der Waals surface area contributed by atoms with E-state index in [4.69, 9.17) is 71.0 Å². The van der Waals surface area contributed by atoms with Crippen LogP contribution < -0.4 is 10.4 Å². The summed E-state index contributed by atoms with van der Waals surface area (Å²) >= 11 is 0. The van der Waals surface area contributed by atoms with Crippen molar-refractivity contribution in [3.63, 3.8) is 0 Å². The van der Waals surface area contributed by atoms with Crippen molar-refractivity contribution >= 4 is 18.7 Å². The third-order valence-corrected chi connectivity index (χ3v) is 20.0. The van der Waals surface area contributed by atoms with Crippen LogP contribution in [0, 0.1) is 0 Å². The molecule has 0 spiro atoms. The summed E-state index contributed by atoms with van der Waals surface area (Å²) in [4.78, 5) is 6.54. The van der Waals surface area contributed by atoms with E-state index in [9.17, 15) is 0 Å². The molecule has 2 aliphatic carbocycles. The molecule has 6 fully saturated rings. The zero-order chi connectivity index (χ0) is 47.8. The molecule has 4 saturated heterocycles. The zero-order valence-corrected chi connectivity index (χ0v) is 42.1. The van der Waals surface area contributed by atoms with Gasteiger partial charge in [0.2, 0.25) is 23.1 Å². The van der Waals surface area contributed by atoms with Gasteiger partial charge < -0.3 is 61.6 Å². The molecule has 6 aliphatic rings. The van der Waals surface area contributed by atoms with E-state index in [1.54, 1.807) is 35.5 Å². The van der Waals surface area contributed by atoms with Gasteiger partial charge >= 0.3 is 8.32 Å². The summed E-state index contributed by atoms with van der Waals surface area (Å²) in [7, 11) is 4.98. The van der Waals surface area contributed by atoms with E-state index in [0.29, 0.717) is 25.7 Å². The Hall–Kier alpha value is -2.72. The Morgan fingerprint density at radius 2 is 1.01 bits per heavy atom. The van der Waals surface area contributed by atoms with Crippen molar-refractivity contribution in [2.45, 2.75) is 175 Å². The maximum Gasteiger partial charge on any atom is 0.305 e. The van der Waals surface area contributed by atoms with Crippen LogP contribution in [-0.2, 0) is 77.7 Å². The van der Waals surface area contributed by atoms with Crippen LogP contribution in [0.2, 0.25) is 5.04 Å². The largest absolute Gasteiger partial charge is 0.365 e. The Labute approximate surface area is 402 Å². The summed E-state index contributed by atoms with van der Waals surface area (Å²) < 4.78 is 94.7. The summed E-state index contributed by atoms with van der Waals surface area (Å²) in [6, 6.07) is 30.6.